The Bertz CT molecular complexity index is 192. The number of nitrogens with zero attached hydrogens (tertiary/aromatic N) is 1. The van der Waals surface area contributed by atoms with Crippen molar-refractivity contribution in [2.24, 2.45) is 0 Å². The number of hydrogen-bond acceptors (Lipinski definition) is 1. The molecule has 0 aromatic heterocycles. The fourth-order valence-electron chi connectivity index (χ4n) is 1.46. The molecule has 0 fully saturated rings. The van der Waals surface area contributed by atoms with E-state index in [1.54, 1.807) is 0 Å². The molecule has 1 radical (unpaired) electrons. The van der Waals surface area contributed by atoms with Crippen molar-refractivity contribution >= 4 is 13.2 Å². The zero-order valence-electron chi connectivity index (χ0n) is 10.3. The van der Waals surface area contributed by atoms with Crippen LogP contribution < -0.4 is 0 Å². The second kappa shape index (κ2) is 8.57. The van der Waals surface area contributed by atoms with E-state index in [1.165, 1.54) is 6.08 Å². The van der Waals surface area contributed by atoms with Crippen LogP contribution in [0.15, 0.2) is 12.7 Å². The lowest BCUT2D eigenvalue weighted by Gasteiger charge is -2.20. The van der Waals surface area contributed by atoms with Gasteiger partial charge in [-0.3, -0.25) is 4.79 Å². The molecule has 0 aliphatic heterocycles. The van der Waals surface area contributed by atoms with Gasteiger partial charge in [0, 0.05) is 13.1 Å². The van der Waals surface area contributed by atoms with E-state index >= 15 is 0 Å². The quantitative estimate of drug-likeness (QED) is 0.341. The predicted molar refractivity (Wildman–Crippen MR) is 67.3 cm³/mol. The molecule has 2 nitrogen and oxygen atoms in total. The lowest BCUT2D eigenvalue weighted by molar-refractivity contribution is -0.126. The number of carbonyl (C=O) groups is 1. The van der Waals surface area contributed by atoms with Gasteiger partial charge in [-0.1, -0.05) is 39.5 Å². The van der Waals surface area contributed by atoms with Crippen LogP contribution in [0.5, 0.6) is 0 Å². The van der Waals surface area contributed by atoms with Gasteiger partial charge in [0.05, 0.1) is 0 Å². The van der Waals surface area contributed by atoms with E-state index in [0.29, 0.717) is 5.82 Å². The minimum absolute atomic E-state index is 0.0568. The summed E-state index contributed by atoms with van der Waals surface area (Å²) in [4.78, 5) is 13.3. The van der Waals surface area contributed by atoms with Crippen molar-refractivity contribution in [3.63, 3.8) is 0 Å². The van der Waals surface area contributed by atoms with Gasteiger partial charge in [0.15, 0.2) is 0 Å². The molecular formula is C12H23BNO. The van der Waals surface area contributed by atoms with Gasteiger partial charge in [-0.25, -0.2) is 0 Å². The predicted octanol–water partition coefficient (Wildman–Crippen LogP) is 2.75. The molecule has 85 valence electrons. The number of rotatable bonds is 8. The zero-order valence-corrected chi connectivity index (χ0v) is 10.3. The van der Waals surface area contributed by atoms with E-state index in [-0.39, 0.29) is 5.91 Å². The molecule has 0 heterocycles. The Morgan fingerprint density at radius 1 is 1.47 bits per heavy atom. The van der Waals surface area contributed by atoms with Gasteiger partial charge in [-0.05, 0) is 18.9 Å². The summed E-state index contributed by atoms with van der Waals surface area (Å²) in [6.45, 7) is 11.7. The number of carbonyl (C=O) groups excluding carboxylic acids is 1. The summed E-state index contributed by atoms with van der Waals surface area (Å²) in [5.41, 5.74) is 0. The highest BCUT2D eigenvalue weighted by Gasteiger charge is 2.08. The van der Waals surface area contributed by atoms with Crippen LogP contribution in [-0.4, -0.2) is 31.2 Å². The van der Waals surface area contributed by atoms with E-state index in [2.05, 4.69) is 34.6 Å². The minimum atomic E-state index is 0.0568. The molecule has 0 saturated carbocycles. The molecule has 0 unspecified atom stereocenters. The average Bonchev–Trinajstić information content (AvgIpc) is 2.21. The Hall–Kier alpha value is -0.725. The van der Waals surface area contributed by atoms with E-state index in [4.69, 9.17) is 0 Å². The number of amides is 1. The van der Waals surface area contributed by atoms with Crippen molar-refractivity contribution in [1.82, 2.24) is 4.90 Å². The topological polar surface area (TPSA) is 20.3 Å². The molecule has 3 heteroatoms. The normalized spacial score (nSPS) is 10.1. The molecule has 0 bridgehead atoms. The Kier molecular flexibility index (Phi) is 8.16. The molecule has 0 spiro atoms. The fourth-order valence-corrected chi connectivity index (χ4v) is 1.46. The van der Waals surface area contributed by atoms with Gasteiger partial charge >= 0.3 is 0 Å². The molecule has 0 saturated heterocycles. The van der Waals surface area contributed by atoms with E-state index < -0.39 is 0 Å². The van der Waals surface area contributed by atoms with Crippen molar-refractivity contribution in [1.29, 1.82) is 0 Å². The maximum Gasteiger partial charge on any atom is 0.245 e. The van der Waals surface area contributed by atoms with E-state index in [1.807, 2.05) is 4.90 Å². The summed E-state index contributed by atoms with van der Waals surface area (Å²) in [6, 6.07) is 0. The van der Waals surface area contributed by atoms with Crippen LogP contribution in [-0.2, 0) is 4.79 Å². The SMILES string of the molecule is C=CC(=O)N(CCC)CCC[B]C(C)C. The van der Waals surface area contributed by atoms with Crippen LogP contribution >= 0.6 is 0 Å². The monoisotopic (exact) mass is 208 g/mol. The highest BCUT2D eigenvalue weighted by atomic mass is 16.2. The van der Waals surface area contributed by atoms with Gasteiger partial charge < -0.3 is 4.90 Å². The van der Waals surface area contributed by atoms with Crippen LogP contribution in [0.25, 0.3) is 0 Å². The van der Waals surface area contributed by atoms with Gasteiger partial charge in [0.1, 0.15) is 7.28 Å². The Morgan fingerprint density at radius 2 is 2.13 bits per heavy atom. The first kappa shape index (κ1) is 14.3. The average molecular weight is 208 g/mol. The van der Waals surface area contributed by atoms with E-state index in [0.717, 1.165) is 32.3 Å². The van der Waals surface area contributed by atoms with Gasteiger partial charge in [0.2, 0.25) is 5.91 Å². The largest absolute Gasteiger partial charge is 0.339 e. The Balaban J connectivity index is 3.75. The van der Waals surface area contributed by atoms with Crippen molar-refractivity contribution in [3.05, 3.63) is 12.7 Å². The summed E-state index contributed by atoms with van der Waals surface area (Å²) in [5, 5.41) is 0. The van der Waals surface area contributed by atoms with Crippen molar-refractivity contribution < 1.29 is 4.79 Å². The minimum Gasteiger partial charge on any atom is -0.339 e. The van der Waals surface area contributed by atoms with E-state index in [9.17, 15) is 4.79 Å². The maximum atomic E-state index is 11.4. The lowest BCUT2D eigenvalue weighted by atomic mass is 9.63. The molecule has 0 atom stereocenters. The standard InChI is InChI=1S/C12H23BNO/c1-5-9-14(12(15)6-2)10-7-8-13-11(3)4/h6,11H,2,5,7-10H2,1,3-4H3. The van der Waals surface area contributed by atoms with Crippen molar-refractivity contribution in [2.75, 3.05) is 13.1 Å². The third kappa shape index (κ3) is 7.23. The lowest BCUT2D eigenvalue weighted by Crippen LogP contribution is -2.31. The summed E-state index contributed by atoms with van der Waals surface area (Å²) in [5.74, 6) is 0.695. The molecule has 0 aliphatic carbocycles. The second-order valence-electron chi connectivity index (χ2n) is 4.15. The highest BCUT2D eigenvalue weighted by molar-refractivity contribution is 6.37. The first-order chi connectivity index (χ1) is 7.11. The summed E-state index contributed by atoms with van der Waals surface area (Å²) in [6.07, 6.45) is 4.55. The zero-order chi connectivity index (χ0) is 11.7. The third-order valence-electron chi connectivity index (χ3n) is 2.25. The highest BCUT2D eigenvalue weighted by Crippen LogP contribution is 2.04. The molecule has 0 aromatic carbocycles. The Morgan fingerprint density at radius 3 is 2.60 bits per heavy atom. The van der Waals surface area contributed by atoms with Gasteiger partial charge in [0.25, 0.3) is 0 Å². The summed E-state index contributed by atoms with van der Waals surface area (Å²) >= 11 is 0. The Labute approximate surface area is 95.0 Å². The maximum absolute atomic E-state index is 11.4. The van der Waals surface area contributed by atoms with Crippen LogP contribution in [0.3, 0.4) is 0 Å². The van der Waals surface area contributed by atoms with Crippen LogP contribution in [0, 0.1) is 0 Å². The number of hydrogen-bond donors (Lipinski definition) is 0. The molecule has 0 rings (SSSR count). The van der Waals surface area contributed by atoms with Crippen LogP contribution in [0.2, 0.25) is 12.1 Å². The molecule has 0 N–H and O–H groups in total. The molecule has 0 aromatic rings. The van der Waals surface area contributed by atoms with Crippen molar-refractivity contribution in [2.45, 2.75) is 45.8 Å². The summed E-state index contributed by atoms with van der Waals surface area (Å²) in [7, 11) is 2.29. The smallest absolute Gasteiger partial charge is 0.245 e. The molecule has 1 amide bonds. The van der Waals surface area contributed by atoms with Gasteiger partial charge in [-0.2, -0.15) is 0 Å². The summed E-state index contributed by atoms with van der Waals surface area (Å²) < 4.78 is 0. The van der Waals surface area contributed by atoms with Crippen LogP contribution in [0.1, 0.15) is 33.6 Å². The first-order valence-electron chi connectivity index (χ1n) is 5.86. The first-order valence-corrected chi connectivity index (χ1v) is 5.86. The molecule has 0 aliphatic rings. The van der Waals surface area contributed by atoms with Gasteiger partial charge in [-0.15, -0.1) is 0 Å². The fraction of sp³-hybridized carbons (Fsp3) is 0.750. The molecular weight excluding hydrogens is 185 g/mol. The second-order valence-corrected chi connectivity index (χ2v) is 4.15. The molecule has 15 heavy (non-hydrogen) atoms. The third-order valence-corrected chi connectivity index (χ3v) is 2.25. The van der Waals surface area contributed by atoms with Crippen LogP contribution in [0.4, 0.5) is 0 Å². The van der Waals surface area contributed by atoms with Crippen molar-refractivity contribution in [3.8, 4) is 0 Å².